The van der Waals surface area contributed by atoms with Crippen LogP contribution in [0.4, 0.5) is 0 Å². The maximum absolute atomic E-state index is 5.39. The lowest BCUT2D eigenvalue weighted by Gasteiger charge is -2.26. The number of hydrogen-bond donors (Lipinski definition) is 0. The van der Waals surface area contributed by atoms with Crippen LogP contribution >= 0.6 is 0 Å². The van der Waals surface area contributed by atoms with Gasteiger partial charge in [0, 0.05) is 19.6 Å². The SMILES string of the molecule is CCCc1ccc(CN2CCOCC2)cc1CC. The Kier molecular flexibility index (Phi) is 5.21. The number of benzene rings is 1. The minimum Gasteiger partial charge on any atom is -0.379 e. The van der Waals surface area contributed by atoms with E-state index in [0.29, 0.717) is 0 Å². The summed E-state index contributed by atoms with van der Waals surface area (Å²) >= 11 is 0. The van der Waals surface area contributed by atoms with Gasteiger partial charge in [-0.25, -0.2) is 0 Å². The highest BCUT2D eigenvalue weighted by Crippen LogP contribution is 2.16. The molecule has 0 atom stereocenters. The van der Waals surface area contributed by atoms with Gasteiger partial charge in [-0.2, -0.15) is 0 Å². The topological polar surface area (TPSA) is 12.5 Å². The van der Waals surface area contributed by atoms with Crippen LogP contribution in [0.1, 0.15) is 37.0 Å². The molecule has 0 aromatic heterocycles. The van der Waals surface area contributed by atoms with E-state index in [9.17, 15) is 0 Å². The molecule has 0 aliphatic carbocycles. The van der Waals surface area contributed by atoms with Crippen LogP contribution in [0.5, 0.6) is 0 Å². The van der Waals surface area contributed by atoms with Crippen molar-refractivity contribution in [1.82, 2.24) is 4.90 Å². The number of morpholine rings is 1. The minimum absolute atomic E-state index is 0.883. The highest BCUT2D eigenvalue weighted by Gasteiger charge is 2.11. The van der Waals surface area contributed by atoms with E-state index in [-0.39, 0.29) is 0 Å². The van der Waals surface area contributed by atoms with Gasteiger partial charge in [-0.05, 0) is 29.5 Å². The Labute approximate surface area is 111 Å². The molecule has 18 heavy (non-hydrogen) atoms. The summed E-state index contributed by atoms with van der Waals surface area (Å²) in [6.45, 7) is 9.48. The molecular weight excluding hydrogens is 222 g/mol. The third kappa shape index (κ3) is 3.56. The monoisotopic (exact) mass is 247 g/mol. The van der Waals surface area contributed by atoms with Gasteiger partial charge in [0.2, 0.25) is 0 Å². The van der Waals surface area contributed by atoms with E-state index in [0.717, 1.165) is 39.3 Å². The molecule has 0 N–H and O–H groups in total. The molecule has 1 aromatic carbocycles. The van der Waals surface area contributed by atoms with Crippen molar-refractivity contribution in [3.05, 3.63) is 34.9 Å². The Bertz CT molecular complexity index is 369. The van der Waals surface area contributed by atoms with E-state index in [1.807, 2.05) is 0 Å². The van der Waals surface area contributed by atoms with Crippen LogP contribution in [-0.2, 0) is 24.1 Å². The lowest BCUT2D eigenvalue weighted by molar-refractivity contribution is 0.0342. The zero-order chi connectivity index (χ0) is 12.8. The van der Waals surface area contributed by atoms with Gasteiger partial charge in [0.15, 0.2) is 0 Å². The molecule has 1 heterocycles. The van der Waals surface area contributed by atoms with Crippen molar-refractivity contribution in [2.45, 2.75) is 39.7 Å². The second kappa shape index (κ2) is 6.91. The molecular formula is C16H25NO. The van der Waals surface area contributed by atoms with Gasteiger partial charge in [-0.3, -0.25) is 4.90 Å². The predicted molar refractivity (Wildman–Crippen MR) is 75.9 cm³/mol. The van der Waals surface area contributed by atoms with Gasteiger partial charge in [-0.15, -0.1) is 0 Å². The fourth-order valence-electron chi connectivity index (χ4n) is 2.64. The molecule has 100 valence electrons. The average molecular weight is 247 g/mol. The van der Waals surface area contributed by atoms with Crippen molar-refractivity contribution in [2.75, 3.05) is 26.3 Å². The molecule has 0 radical (unpaired) electrons. The van der Waals surface area contributed by atoms with E-state index in [1.165, 1.54) is 29.5 Å². The van der Waals surface area contributed by atoms with Crippen molar-refractivity contribution >= 4 is 0 Å². The molecule has 2 heteroatoms. The Morgan fingerprint density at radius 2 is 1.89 bits per heavy atom. The second-order valence-electron chi connectivity index (χ2n) is 5.10. The Morgan fingerprint density at radius 1 is 1.11 bits per heavy atom. The standard InChI is InChI=1S/C16H25NO/c1-3-5-16-7-6-14(12-15(16)4-2)13-17-8-10-18-11-9-17/h6-7,12H,3-5,8-11,13H2,1-2H3. The number of rotatable bonds is 5. The summed E-state index contributed by atoms with van der Waals surface area (Å²) < 4.78 is 5.39. The first kappa shape index (κ1) is 13.6. The highest BCUT2D eigenvalue weighted by atomic mass is 16.5. The van der Waals surface area contributed by atoms with Crippen LogP contribution in [0.2, 0.25) is 0 Å². The molecule has 0 spiro atoms. The molecule has 1 aromatic rings. The van der Waals surface area contributed by atoms with Crippen LogP contribution in [0.3, 0.4) is 0 Å². The van der Waals surface area contributed by atoms with Crippen LogP contribution in [0, 0.1) is 0 Å². The summed E-state index contributed by atoms with van der Waals surface area (Å²) in [5, 5.41) is 0. The zero-order valence-corrected chi connectivity index (χ0v) is 11.7. The summed E-state index contributed by atoms with van der Waals surface area (Å²) in [5.41, 5.74) is 4.52. The Balaban J connectivity index is 2.04. The molecule has 2 nitrogen and oxygen atoms in total. The molecule has 1 saturated heterocycles. The van der Waals surface area contributed by atoms with Gasteiger partial charge in [0.25, 0.3) is 0 Å². The first-order valence-corrected chi connectivity index (χ1v) is 7.24. The molecule has 0 bridgehead atoms. The quantitative estimate of drug-likeness (QED) is 0.793. The fourth-order valence-corrected chi connectivity index (χ4v) is 2.64. The van der Waals surface area contributed by atoms with E-state index in [2.05, 4.69) is 36.9 Å². The molecule has 2 rings (SSSR count). The third-order valence-corrected chi connectivity index (χ3v) is 3.68. The number of hydrogen-bond acceptors (Lipinski definition) is 2. The molecule has 1 aliphatic rings. The molecule has 0 amide bonds. The predicted octanol–water partition coefficient (Wildman–Crippen LogP) is 3.03. The number of ether oxygens (including phenoxy) is 1. The van der Waals surface area contributed by atoms with Crippen molar-refractivity contribution in [2.24, 2.45) is 0 Å². The number of nitrogens with zero attached hydrogens (tertiary/aromatic N) is 1. The highest BCUT2D eigenvalue weighted by molar-refractivity contribution is 5.32. The normalized spacial score (nSPS) is 17.0. The summed E-state index contributed by atoms with van der Waals surface area (Å²) in [5.74, 6) is 0. The smallest absolute Gasteiger partial charge is 0.0594 e. The van der Waals surface area contributed by atoms with Gasteiger partial charge >= 0.3 is 0 Å². The molecule has 1 fully saturated rings. The van der Waals surface area contributed by atoms with Crippen molar-refractivity contribution in [3.8, 4) is 0 Å². The lowest BCUT2D eigenvalue weighted by Crippen LogP contribution is -2.35. The third-order valence-electron chi connectivity index (χ3n) is 3.68. The van der Waals surface area contributed by atoms with Gasteiger partial charge < -0.3 is 4.74 Å². The van der Waals surface area contributed by atoms with E-state index in [4.69, 9.17) is 4.74 Å². The number of aryl methyl sites for hydroxylation is 2. The van der Waals surface area contributed by atoms with Crippen LogP contribution < -0.4 is 0 Å². The summed E-state index contributed by atoms with van der Waals surface area (Å²) in [6, 6.07) is 7.04. The summed E-state index contributed by atoms with van der Waals surface area (Å²) in [4.78, 5) is 2.48. The fraction of sp³-hybridized carbons (Fsp3) is 0.625. The minimum atomic E-state index is 0.883. The Morgan fingerprint density at radius 3 is 2.56 bits per heavy atom. The summed E-state index contributed by atoms with van der Waals surface area (Å²) in [7, 11) is 0. The maximum atomic E-state index is 5.39. The van der Waals surface area contributed by atoms with Crippen molar-refractivity contribution in [1.29, 1.82) is 0 Å². The largest absolute Gasteiger partial charge is 0.379 e. The first-order chi connectivity index (χ1) is 8.83. The molecule has 1 aliphatic heterocycles. The van der Waals surface area contributed by atoms with Crippen LogP contribution in [-0.4, -0.2) is 31.2 Å². The first-order valence-electron chi connectivity index (χ1n) is 7.24. The van der Waals surface area contributed by atoms with Gasteiger partial charge in [0.05, 0.1) is 13.2 Å². The van der Waals surface area contributed by atoms with Crippen molar-refractivity contribution in [3.63, 3.8) is 0 Å². The maximum Gasteiger partial charge on any atom is 0.0594 e. The van der Waals surface area contributed by atoms with E-state index >= 15 is 0 Å². The average Bonchev–Trinajstić information content (AvgIpc) is 2.42. The van der Waals surface area contributed by atoms with E-state index < -0.39 is 0 Å². The van der Waals surface area contributed by atoms with E-state index in [1.54, 1.807) is 0 Å². The van der Waals surface area contributed by atoms with Gasteiger partial charge in [0.1, 0.15) is 0 Å². The van der Waals surface area contributed by atoms with Crippen molar-refractivity contribution < 1.29 is 4.74 Å². The van der Waals surface area contributed by atoms with Crippen LogP contribution in [0.25, 0.3) is 0 Å². The summed E-state index contributed by atoms with van der Waals surface area (Å²) in [6.07, 6.45) is 3.59. The lowest BCUT2D eigenvalue weighted by atomic mass is 9.98. The van der Waals surface area contributed by atoms with Gasteiger partial charge in [-0.1, -0.05) is 38.5 Å². The molecule has 0 saturated carbocycles. The van der Waals surface area contributed by atoms with Crippen LogP contribution in [0.15, 0.2) is 18.2 Å². The zero-order valence-electron chi connectivity index (χ0n) is 11.7. The second-order valence-corrected chi connectivity index (χ2v) is 5.10. The molecule has 0 unspecified atom stereocenters. The Hall–Kier alpha value is -0.860.